The van der Waals surface area contributed by atoms with Gasteiger partial charge in [0.2, 0.25) is 0 Å². The van der Waals surface area contributed by atoms with Crippen molar-refractivity contribution < 1.29 is 9.60 Å². The van der Waals surface area contributed by atoms with Gasteiger partial charge in [-0.1, -0.05) is 170 Å². The number of rotatable bonds is 7. The van der Waals surface area contributed by atoms with Crippen LogP contribution in [0.5, 0.6) is 0 Å². The van der Waals surface area contributed by atoms with Gasteiger partial charge in [0.15, 0.2) is 0 Å². The Bertz CT molecular complexity index is 4010. The van der Waals surface area contributed by atoms with E-state index in [1.54, 1.807) is 4.57 Å². The minimum Gasteiger partial charge on any atom is -0.309 e. The number of nitrogens with zero attached hydrogens (tertiary/aromatic N) is 2. The van der Waals surface area contributed by atoms with E-state index in [9.17, 15) is 6.85 Å². The molecule has 0 saturated carbocycles. The molecule has 0 aliphatic heterocycles. The van der Waals surface area contributed by atoms with Crippen molar-refractivity contribution in [3.63, 3.8) is 0 Å². The monoisotopic (exact) mass is 795 g/mol. The maximum absolute atomic E-state index is 9.99. The number of para-hydroxylation sites is 1. The van der Waals surface area contributed by atoms with Crippen molar-refractivity contribution in [3.05, 3.63) is 242 Å². The van der Waals surface area contributed by atoms with Gasteiger partial charge in [-0.25, -0.2) is 0 Å². The van der Waals surface area contributed by atoms with Gasteiger partial charge in [0, 0.05) is 32.9 Å². The molecular formula is C60H40N2. The van der Waals surface area contributed by atoms with E-state index >= 15 is 0 Å². The molecule has 62 heavy (non-hydrogen) atoms. The largest absolute Gasteiger partial charge is 0.309 e. The van der Waals surface area contributed by atoms with Crippen molar-refractivity contribution >= 4 is 43.6 Å². The van der Waals surface area contributed by atoms with E-state index in [2.05, 4.69) is 95.6 Å². The maximum atomic E-state index is 9.99. The second-order valence-electron chi connectivity index (χ2n) is 15.6. The third-order valence-electron chi connectivity index (χ3n) is 12.0. The summed E-state index contributed by atoms with van der Waals surface area (Å²) < 4.78 is 69.3. The van der Waals surface area contributed by atoms with Crippen molar-refractivity contribution in [1.29, 1.82) is 0 Å². The molecule has 0 radical (unpaired) electrons. The molecule has 290 valence electrons. The first-order valence-corrected chi connectivity index (χ1v) is 20.8. The molecule has 12 rings (SSSR count). The lowest BCUT2D eigenvalue weighted by Gasteiger charge is -2.11. The van der Waals surface area contributed by atoms with Gasteiger partial charge < -0.3 is 9.13 Å². The third kappa shape index (κ3) is 6.12. The molecule has 10 aromatic carbocycles. The molecule has 0 unspecified atom stereocenters. The Morgan fingerprint density at radius 1 is 0.258 bits per heavy atom. The van der Waals surface area contributed by atoms with Crippen LogP contribution < -0.4 is 0 Å². The lowest BCUT2D eigenvalue weighted by molar-refractivity contribution is 1.18. The lowest BCUT2D eigenvalue weighted by atomic mass is 9.99. The Kier molecular flexibility index (Phi) is 6.95. The topological polar surface area (TPSA) is 9.86 Å². The van der Waals surface area contributed by atoms with Gasteiger partial charge in [-0.3, -0.25) is 0 Å². The zero-order valence-corrected chi connectivity index (χ0v) is 33.4. The molecule has 0 spiro atoms. The van der Waals surface area contributed by atoms with Crippen molar-refractivity contribution in [1.82, 2.24) is 9.13 Å². The van der Waals surface area contributed by atoms with Gasteiger partial charge in [-0.05, 0) is 128 Å². The molecule has 12 aromatic rings. The van der Waals surface area contributed by atoms with Crippen LogP contribution in [-0.4, -0.2) is 9.13 Å². The zero-order chi connectivity index (χ0) is 47.1. The summed E-state index contributed by atoms with van der Waals surface area (Å²) in [5.41, 5.74) is 12.9. The standard InChI is InChI=1S/C60H40N2/c1-4-14-41(15-5-1)45-20-12-21-46(36-45)44-26-31-51(32-27-44)61-57-25-11-10-24-53(57)54-39-49(29-34-58(54)61)50-30-35-60-56(40-50)55-38-48(43-18-8-3-9-19-43)28-33-59(55)62(60)52-23-13-22-47(37-52)42-16-6-2-7-17-42/h1-40H/i10D,11D,24D,25D,29D,34D,39D. The van der Waals surface area contributed by atoms with Gasteiger partial charge in [-0.15, -0.1) is 0 Å². The number of fused-ring (bicyclic) bond motifs is 6. The number of hydrogen-bond donors (Lipinski definition) is 0. The van der Waals surface area contributed by atoms with E-state index < -0.39 is 12.1 Å². The zero-order valence-electron chi connectivity index (χ0n) is 40.4. The van der Waals surface area contributed by atoms with E-state index in [4.69, 9.17) is 2.74 Å². The summed E-state index contributed by atoms with van der Waals surface area (Å²) >= 11 is 0. The van der Waals surface area contributed by atoms with Gasteiger partial charge in [0.1, 0.15) is 0 Å². The summed E-state index contributed by atoms with van der Waals surface area (Å²) in [4.78, 5) is 0. The first-order valence-electron chi connectivity index (χ1n) is 24.3. The van der Waals surface area contributed by atoms with Crippen LogP contribution in [0, 0.1) is 0 Å². The summed E-state index contributed by atoms with van der Waals surface area (Å²) in [6.45, 7) is 0. The second-order valence-corrected chi connectivity index (χ2v) is 15.6. The lowest BCUT2D eigenvalue weighted by Crippen LogP contribution is -1.94. The summed E-state index contributed by atoms with van der Waals surface area (Å²) in [6, 6.07) is 65.5. The highest BCUT2D eigenvalue weighted by Crippen LogP contribution is 2.40. The van der Waals surface area contributed by atoms with Crippen LogP contribution in [-0.2, 0) is 0 Å². The average Bonchev–Trinajstić information content (AvgIpc) is 3.94. The number of hydrogen-bond acceptors (Lipinski definition) is 0. The van der Waals surface area contributed by atoms with Crippen molar-refractivity contribution in [2.75, 3.05) is 0 Å². The molecule has 2 heterocycles. The number of aromatic nitrogens is 2. The van der Waals surface area contributed by atoms with E-state index in [1.165, 1.54) is 0 Å². The molecule has 2 heteroatoms. The van der Waals surface area contributed by atoms with Gasteiger partial charge in [0.05, 0.1) is 31.7 Å². The molecule has 0 aliphatic rings. The molecule has 0 bridgehead atoms. The summed E-state index contributed by atoms with van der Waals surface area (Å²) in [5, 5.41) is 2.21. The third-order valence-corrected chi connectivity index (χ3v) is 12.0. The summed E-state index contributed by atoms with van der Waals surface area (Å²) in [5.74, 6) is 0. The SMILES string of the molecule is [2H]c1c([2H])c([2H])c2c(c1[2H])c1c([2H])c(-c3ccc4c(c3)c3cc(-c5ccccc5)ccc3n4-c3cccc(-c4ccccc4)c3)c([2H])c([2H])c1n2-c1ccc(-c2cccc(-c3ccccc3)c2)cc1. The fraction of sp³-hybridized carbons (Fsp3) is 0. The molecular weight excluding hydrogens is 749 g/mol. The van der Waals surface area contributed by atoms with E-state index in [-0.39, 0.29) is 57.6 Å². The Morgan fingerprint density at radius 2 is 0.710 bits per heavy atom. The van der Waals surface area contributed by atoms with Crippen LogP contribution >= 0.6 is 0 Å². The van der Waals surface area contributed by atoms with Gasteiger partial charge in [0.25, 0.3) is 0 Å². The molecule has 0 fully saturated rings. The van der Waals surface area contributed by atoms with Crippen LogP contribution in [0.2, 0.25) is 0 Å². The summed E-state index contributed by atoms with van der Waals surface area (Å²) in [7, 11) is 0. The first kappa shape index (κ1) is 29.1. The fourth-order valence-electron chi connectivity index (χ4n) is 8.95. The number of benzene rings is 10. The average molecular weight is 796 g/mol. The Balaban J connectivity index is 1.07. The molecule has 0 aliphatic carbocycles. The minimum absolute atomic E-state index is 0.0854. The molecule has 0 saturated heterocycles. The van der Waals surface area contributed by atoms with Crippen LogP contribution in [0.25, 0.3) is 111 Å². The minimum atomic E-state index is -0.428. The molecule has 2 nitrogen and oxygen atoms in total. The first-order chi connectivity index (χ1) is 33.7. The van der Waals surface area contributed by atoms with Crippen LogP contribution in [0.1, 0.15) is 9.60 Å². The van der Waals surface area contributed by atoms with E-state index in [1.807, 2.05) is 109 Å². The van der Waals surface area contributed by atoms with E-state index in [0.29, 0.717) is 11.3 Å². The van der Waals surface area contributed by atoms with Gasteiger partial charge >= 0.3 is 0 Å². The second kappa shape index (κ2) is 14.8. The fourth-order valence-corrected chi connectivity index (χ4v) is 8.95. The Labute approximate surface area is 370 Å². The predicted molar refractivity (Wildman–Crippen MR) is 262 cm³/mol. The highest BCUT2D eigenvalue weighted by Gasteiger charge is 2.18. The van der Waals surface area contributed by atoms with Gasteiger partial charge in [-0.2, -0.15) is 0 Å². The van der Waals surface area contributed by atoms with Crippen LogP contribution in [0.15, 0.2) is 242 Å². The Morgan fingerprint density at radius 3 is 1.32 bits per heavy atom. The molecule has 0 amide bonds. The molecule has 2 aromatic heterocycles. The smallest absolute Gasteiger partial charge is 0.0645 e. The summed E-state index contributed by atoms with van der Waals surface area (Å²) in [6.07, 6.45) is 0. The maximum Gasteiger partial charge on any atom is 0.0645 e. The highest BCUT2D eigenvalue weighted by molar-refractivity contribution is 6.13. The molecule has 0 N–H and O–H groups in total. The molecule has 0 atom stereocenters. The van der Waals surface area contributed by atoms with Crippen LogP contribution in [0.3, 0.4) is 0 Å². The van der Waals surface area contributed by atoms with Crippen LogP contribution in [0.4, 0.5) is 0 Å². The van der Waals surface area contributed by atoms with Crippen molar-refractivity contribution in [2.24, 2.45) is 0 Å². The van der Waals surface area contributed by atoms with E-state index in [0.717, 1.165) is 72.0 Å². The predicted octanol–water partition coefficient (Wildman–Crippen LogP) is 16.2. The van der Waals surface area contributed by atoms with Crippen molar-refractivity contribution in [2.45, 2.75) is 0 Å². The highest BCUT2D eigenvalue weighted by atomic mass is 15.0. The Hall–Kier alpha value is -8.20. The normalized spacial score (nSPS) is 13.1. The quantitative estimate of drug-likeness (QED) is 0.152. The van der Waals surface area contributed by atoms with Crippen molar-refractivity contribution in [3.8, 4) is 67.0 Å².